The molecule has 0 aromatic heterocycles. The second-order valence-electron chi connectivity index (χ2n) is 5.32. The summed E-state index contributed by atoms with van der Waals surface area (Å²) in [6.07, 6.45) is 1.36. The van der Waals surface area contributed by atoms with Gasteiger partial charge < -0.3 is 9.64 Å². The first-order valence-electron chi connectivity index (χ1n) is 7.30. The van der Waals surface area contributed by atoms with Gasteiger partial charge in [-0.05, 0) is 36.2 Å². The molecule has 1 atom stereocenters. The number of nitrogens with zero attached hydrogens (tertiary/aromatic N) is 1. The monoisotopic (exact) mass is 295 g/mol. The predicted molar refractivity (Wildman–Crippen MR) is 83.7 cm³/mol. The summed E-state index contributed by atoms with van der Waals surface area (Å²) in [5.41, 5.74) is 1.96. The maximum absolute atomic E-state index is 12.3. The van der Waals surface area contributed by atoms with Crippen molar-refractivity contribution in [1.29, 1.82) is 0 Å². The van der Waals surface area contributed by atoms with Gasteiger partial charge in [0.2, 0.25) is 5.91 Å². The van der Waals surface area contributed by atoms with Crippen molar-refractivity contribution in [2.75, 3.05) is 4.90 Å². The Hall–Kier alpha value is -2.62. The fourth-order valence-corrected chi connectivity index (χ4v) is 2.84. The van der Waals surface area contributed by atoms with Crippen LogP contribution in [-0.4, -0.2) is 11.9 Å². The topological polar surface area (TPSA) is 46.6 Å². The highest BCUT2D eigenvalue weighted by atomic mass is 16.5. The lowest BCUT2D eigenvalue weighted by Crippen LogP contribution is -2.27. The number of amides is 1. The molecule has 0 radical (unpaired) electrons. The Morgan fingerprint density at radius 3 is 2.41 bits per heavy atom. The van der Waals surface area contributed by atoms with Crippen molar-refractivity contribution >= 4 is 17.6 Å². The van der Waals surface area contributed by atoms with Gasteiger partial charge in [0.05, 0.1) is 6.04 Å². The van der Waals surface area contributed by atoms with Gasteiger partial charge in [-0.15, -0.1) is 0 Å². The van der Waals surface area contributed by atoms with Crippen LogP contribution in [0.1, 0.15) is 31.4 Å². The maximum Gasteiger partial charge on any atom is 0.308 e. The number of carbonyl (C=O) groups excluding carboxylic acids is 2. The Balaban J connectivity index is 1.88. The minimum absolute atomic E-state index is 0.0632. The van der Waals surface area contributed by atoms with Crippen molar-refractivity contribution in [2.45, 2.75) is 25.8 Å². The van der Waals surface area contributed by atoms with Crippen molar-refractivity contribution in [3.63, 3.8) is 0 Å². The molecule has 1 amide bonds. The summed E-state index contributed by atoms with van der Waals surface area (Å²) in [6.45, 7) is 1.36. The molecule has 0 bridgehead atoms. The van der Waals surface area contributed by atoms with Gasteiger partial charge in [-0.2, -0.15) is 0 Å². The van der Waals surface area contributed by atoms with Gasteiger partial charge in [0.15, 0.2) is 0 Å². The van der Waals surface area contributed by atoms with E-state index in [2.05, 4.69) is 0 Å². The summed E-state index contributed by atoms with van der Waals surface area (Å²) >= 11 is 0. The average molecular weight is 295 g/mol. The van der Waals surface area contributed by atoms with E-state index in [4.69, 9.17) is 4.74 Å². The highest BCUT2D eigenvalue weighted by Crippen LogP contribution is 2.37. The molecule has 1 aliphatic heterocycles. The number of hydrogen-bond acceptors (Lipinski definition) is 3. The highest BCUT2D eigenvalue weighted by molar-refractivity contribution is 5.96. The molecule has 2 aromatic carbocycles. The zero-order chi connectivity index (χ0) is 15.5. The third-order valence-electron chi connectivity index (χ3n) is 3.77. The number of hydrogen-bond donors (Lipinski definition) is 0. The Labute approximate surface area is 129 Å². The lowest BCUT2D eigenvalue weighted by Gasteiger charge is -2.25. The summed E-state index contributed by atoms with van der Waals surface area (Å²) in [4.78, 5) is 25.0. The SMILES string of the molecule is CC(=O)Oc1ccc(N2C(=O)CCC2c2ccccc2)cc1. The first-order chi connectivity index (χ1) is 10.6. The van der Waals surface area contributed by atoms with Gasteiger partial charge in [-0.25, -0.2) is 0 Å². The molecule has 0 aliphatic carbocycles. The molecule has 1 unspecified atom stereocenters. The third-order valence-corrected chi connectivity index (χ3v) is 3.77. The first-order valence-corrected chi connectivity index (χ1v) is 7.30. The molecule has 2 aromatic rings. The molecule has 1 fully saturated rings. The highest BCUT2D eigenvalue weighted by Gasteiger charge is 2.33. The Bertz CT molecular complexity index is 679. The molecular weight excluding hydrogens is 278 g/mol. The van der Waals surface area contributed by atoms with Crippen LogP contribution in [0.15, 0.2) is 54.6 Å². The van der Waals surface area contributed by atoms with Gasteiger partial charge in [0, 0.05) is 19.0 Å². The molecule has 112 valence electrons. The Morgan fingerprint density at radius 2 is 1.77 bits per heavy atom. The number of esters is 1. The lowest BCUT2D eigenvalue weighted by atomic mass is 10.0. The van der Waals surface area contributed by atoms with Gasteiger partial charge in [0.1, 0.15) is 5.75 Å². The fourth-order valence-electron chi connectivity index (χ4n) is 2.84. The molecule has 1 aliphatic rings. The molecule has 22 heavy (non-hydrogen) atoms. The third kappa shape index (κ3) is 2.86. The molecule has 0 spiro atoms. The summed E-state index contributed by atoms with van der Waals surface area (Å²) in [7, 11) is 0. The first kappa shape index (κ1) is 14.3. The second-order valence-corrected chi connectivity index (χ2v) is 5.32. The van der Waals surface area contributed by atoms with E-state index in [1.165, 1.54) is 6.92 Å². The van der Waals surface area contributed by atoms with Crippen LogP contribution >= 0.6 is 0 Å². The van der Waals surface area contributed by atoms with E-state index in [0.717, 1.165) is 17.7 Å². The van der Waals surface area contributed by atoms with Crippen molar-refractivity contribution in [2.24, 2.45) is 0 Å². The summed E-state index contributed by atoms with van der Waals surface area (Å²) in [5, 5.41) is 0. The number of anilines is 1. The quantitative estimate of drug-likeness (QED) is 0.643. The molecule has 0 N–H and O–H groups in total. The van der Waals surface area contributed by atoms with Crippen LogP contribution in [0.5, 0.6) is 5.75 Å². The second kappa shape index (κ2) is 6.02. The van der Waals surface area contributed by atoms with Crippen molar-refractivity contribution in [3.8, 4) is 5.75 Å². The van der Waals surface area contributed by atoms with E-state index in [0.29, 0.717) is 12.2 Å². The van der Waals surface area contributed by atoms with E-state index in [-0.39, 0.29) is 17.9 Å². The predicted octanol–water partition coefficient (Wildman–Crippen LogP) is 3.48. The van der Waals surface area contributed by atoms with E-state index >= 15 is 0 Å². The zero-order valence-corrected chi connectivity index (χ0v) is 12.4. The van der Waals surface area contributed by atoms with Gasteiger partial charge in [-0.1, -0.05) is 30.3 Å². The number of carbonyl (C=O) groups is 2. The molecular formula is C18H17NO3. The van der Waals surface area contributed by atoms with Crippen molar-refractivity contribution in [3.05, 3.63) is 60.2 Å². The van der Waals surface area contributed by atoms with Crippen molar-refractivity contribution in [1.82, 2.24) is 0 Å². The van der Waals surface area contributed by atoms with Crippen LogP contribution in [0.3, 0.4) is 0 Å². The molecule has 0 saturated carbocycles. The average Bonchev–Trinajstić information content (AvgIpc) is 2.90. The van der Waals surface area contributed by atoms with Gasteiger partial charge >= 0.3 is 5.97 Å². The van der Waals surface area contributed by atoms with Crippen LogP contribution < -0.4 is 9.64 Å². The minimum Gasteiger partial charge on any atom is -0.427 e. The van der Waals surface area contributed by atoms with Crippen LogP contribution in [0.2, 0.25) is 0 Å². The normalized spacial score (nSPS) is 17.6. The van der Waals surface area contributed by atoms with E-state index < -0.39 is 0 Å². The molecule has 4 nitrogen and oxygen atoms in total. The Morgan fingerprint density at radius 1 is 1.09 bits per heavy atom. The summed E-state index contributed by atoms with van der Waals surface area (Å²) < 4.78 is 5.03. The summed E-state index contributed by atoms with van der Waals surface area (Å²) in [5.74, 6) is 0.250. The number of ether oxygens (including phenoxy) is 1. The maximum atomic E-state index is 12.3. The molecule has 1 heterocycles. The van der Waals surface area contributed by atoms with Crippen LogP contribution in [0, 0.1) is 0 Å². The zero-order valence-electron chi connectivity index (χ0n) is 12.4. The molecule has 1 saturated heterocycles. The smallest absolute Gasteiger partial charge is 0.308 e. The molecule has 4 heteroatoms. The molecule has 3 rings (SSSR count). The van der Waals surface area contributed by atoms with Crippen LogP contribution in [0.25, 0.3) is 0 Å². The largest absolute Gasteiger partial charge is 0.427 e. The van der Waals surface area contributed by atoms with Gasteiger partial charge in [-0.3, -0.25) is 9.59 Å². The minimum atomic E-state index is -0.354. The van der Waals surface area contributed by atoms with E-state index in [1.807, 2.05) is 47.4 Å². The van der Waals surface area contributed by atoms with Crippen LogP contribution in [-0.2, 0) is 9.59 Å². The Kier molecular flexibility index (Phi) is 3.92. The van der Waals surface area contributed by atoms with Crippen LogP contribution in [0.4, 0.5) is 5.69 Å². The number of rotatable bonds is 3. The number of benzene rings is 2. The van der Waals surface area contributed by atoms with Crippen molar-refractivity contribution < 1.29 is 14.3 Å². The lowest BCUT2D eigenvalue weighted by molar-refractivity contribution is -0.131. The standard InChI is InChI=1S/C18H17NO3/c1-13(20)22-16-9-7-15(8-10-16)19-17(11-12-18(19)21)14-5-3-2-4-6-14/h2-10,17H,11-12H2,1H3. The van der Waals surface area contributed by atoms with Gasteiger partial charge in [0.25, 0.3) is 0 Å². The van der Waals surface area contributed by atoms with E-state index in [9.17, 15) is 9.59 Å². The summed E-state index contributed by atoms with van der Waals surface area (Å²) in [6, 6.07) is 17.2. The fraction of sp³-hybridized carbons (Fsp3) is 0.222. The van der Waals surface area contributed by atoms with E-state index in [1.54, 1.807) is 12.1 Å².